The standard InChI is InChI=1S/C28H28N2O5/c1-4-5-6-19-7-11-22(12-8-19)35-28(31)30-20-9-13-21(14-10-20)34-25-15-16-29-24-18-27(33-3)26(32-2)17-23(24)25/h7-18H,4-6H2,1-3H3,(H,30,31). The minimum absolute atomic E-state index is 0.499. The monoisotopic (exact) mass is 472 g/mol. The van der Waals surface area contributed by atoms with Crippen LogP contribution in [0.1, 0.15) is 25.3 Å². The number of carbonyl (C=O) groups is 1. The summed E-state index contributed by atoms with van der Waals surface area (Å²) in [5, 5.41) is 3.52. The van der Waals surface area contributed by atoms with E-state index in [0.717, 1.165) is 30.2 Å². The number of anilines is 1. The molecule has 0 saturated heterocycles. The lowest BCUT2D eigenvalue weighted by molar-refractivity contribution is 0.215. The predicted molar refractivity (Wildman–Crippen MR) is 136 cm³/mol. The molecule has 7 heteroatoms. The van der Waals surface area contributed by atoms with E-state index >= 15 is 0 Å². The van der Waals surface area contributed by atoms with Crippen molar-refractivity contribution in [3.05, 3.63) is 78.5 Å². The number of rotatable bonds is 9. The largest absolute Gasteiger partial charge is 0.493 e. The molecule has 1 heterocycles. The number of carbonyl (C=O) groups excluding carboxylic acids is 1. The molecule has 0 radical (unpaired) electrons. The summed E-state index contributed by atoms with van der Waals surface area (Å²) in [6.45, 7) is 2.16. The first-order valence-corrected chi connectivity index (χ1v) is 11.5. The normalized spacial score (nSPS) is 10.6. The van der Waals surface area contributed by atoms with Gasteiger partial charge in [-0.05, 0) is 66.9 Å². The molecule has 0 aliphatic rings. The van der Waals surface area contributed by atoms with Crippen LogP contribution in [0.4, 0.5) is 10.5 Å². The van der Waals surface area contributed by atoms with Crippen LogP contribution >= 0.6 is 0 Å². The van der Waals surface area contributed by atoms with Gasteiger partial charge in [0.2, 0.25) is 0 Å². The predicted octanol–water partition coefficient (Wildman–Crippen LogP) is 7.00. The van der Waals surface area contributed by atoms with Gasteiger partial charge in [-0.1, -0.05) is 25.5 Å². The second kappa shape index (κ2) is 11.2. The van der Waals surface area contributed by atoms with Gasteiger partial charge in [-0.3, -0.25) is 10.3 Å². The van der Waals surface area contributed by atoms with E-state index in [1.165, 1.54) is 5.56 Å². The van der Waals surface area contributed by atoms with Gasteiger partial charge in [0.25, 0.3) is 0 Å². The third-order valence-corrected chi connectivity index (χ3v) is 5.49. The van der Waals surface area contributed by atoms with Crippen LogP contribution in [0.3, 0.4) is 0 Å². The Hall–Kier alpha value is -4.26. The van der Waals surface area contributed by atoms with Gasteiger partial charge in [-0.2, -0.15) is 0 Å². The summed E-state index contributed by atoms with van der Waals surface area (Å²) >= 11 is 0. The van der Waals surface area contributed by atoms with E-state index in [0.29, 0.717) is 34.4 Å². The number of pyridine rings is 1. The molecule has 0 atom stereocenters. The Balaban J connectivity index is 1.40. The van der Waals surface area contributed by atoms with E-state index in [-0.39, 0.29) is 0 Å². The summed E-state index contributed by atoms with van der Waals surface area (Å²) in [6, 6.07) is 20.0. The first kappa shape index (κ1) is 23.9. The molecule has 0 spiro atoms. The molecule has 0 bridgehead atoms. The van der Waals surface area contributed by atoms with Gasteiger partial charge in [0, 0.05) is 23.3 Å². The second-order valence-corrected chi connectivity index (χ2v) is 7.92. The molecule has 0 aliphatic carbocycles. The molecule has 35 heavy (non-hydrogen) atoms. The fraction of sp³-hybridized carbons (Fsp3) is 0.214. The van der Waals surface area contributed by atoms with Gasteiger partial charge < -0.3 is 18.9 Å². The maximum Gasteiger partial charge on any atom is 0.417 e. The first-order valence-electron chi connectivity index (χ1n) is 11.5. The van der Waals surface area contributed by atoms with Gasteiger partial charge in [-0.15, -0.1) is 0 Å². The highest BCUT2D eigenvalue weighted by Crippen LogP contribution is 2.37. The third-order valence-electron chi connectivity index (χ3n) is 5.49. The number of aryl methyl sites for hydroxylation is 1. The summed E-state index contributed by atoms with van der Waals surface area (Å²) in [4.78, 5) is 16.7. The number of nitrogens with one attached hydrogen (secondary N) is 1. The van der Waals surface area contributed by atoms with Gasteiger partial charge in [0.1, 0.15) is 17.2 Å². The number of hydrogen-bond donors (Lipinski definition) is 1. The van der Waals surface area contributed by atoms with Crippen LogP contribution in [0.5, 0.6) is 28.7 Å². The van der Waals surface area contributed by atoms with Crippen LogP contribution < -0.4 is 24.3 Å². The smallest absolute Gasteiger partial charge is 0.417 e. The van der Waals surface area contributed by atoms with Crippen molar-refractivity contribution in [2.24, 2.45) is 0 Å². The molecule has 0 saturated carbocycles. The zero-order chi connectivity index (χ0) is 24.6. The second-order valence-electron chi connectivity index (χ2n) is 7.92. The molecular weight excluding hydrogens is 444 g/mol. The molecule has 1 aromatic heterocycles. The minimum atomic E-state index is -0.554. The highest BCUT2D eigenvalue weighted by Gasteiger charge is 2.12. The Morgan fingerprint density at radius 3 is 2.23 bits per heavy atom. The van der Waals surface area contributed by atoms with Crippen LogP contribution in [0, 0.1) is 0 Å². The Morgan fingerprint density at radius 1 is 0.857 bits per heavy atom. The molecule has 0 unspecified atom stereocenters. The molecule has 0 aliphatic heterocycles. The van der Waals surface area contributed by atoms with Gasteiger partial charge in [0.05, 0.1) is 19.7 Å². The first-order chi connectivity index (χ1) is 17.1. The average molecular weight is 473 g/mol. The van der Waals surface area contributed by atoms with Crippen molar-refractivity contribution < 1.29 is 23.7 Å². The van der Waals surface area contributed by atoms with E-state index in [1.807, 2.05) is 30.3 Å². The highest BCUT2D eigenvalue weighted by atomic mass is 16.6. The molecule has 4 aromatic rings. The fourth-order valence-electron chi connectivity index (χ4n) is 3.63. The quantitative estimate of drug-likeness (QED) is 0.283. The van der Waals surface area contributed by atoms with Crippen molar-refractivity contribution in [3.63, 3.8) is 0 Å². The summed E-state index contributed by atoms with van der Waals surface area (Å²) in [5.74, 6) is 2.91. The Bertz CT molecular complexity index is 1290. The fourth-order valence-corrected chi connectivity index (χ4v) is 3.63. The Labute approximate surface area is 204 Å². The van der Waals surface area contributed by atoms with Crippen molar-refractivity contribution in [1.29, 1.82) is 0 Å². The molecule has 0 fully saturated rings. The molecule has 1 amide bonds. The number of hydrogen-bond acceptors (Lipinski definition) is 6. The number of benzene rings is 3. The van der Waals surface area contributed by atoms with Crippen LogP contribution in [-0.2, 0) is 6.42 Å². The summed E-state index contributed by atoms with van der Waals surface area (Å²) < 4.78 is 22.2. The van der Waals surface area contributed by atoms with E-state index in [4.69, 9.17) is 18.9 Å². The highest BCUT2D eigenvalue weighted by molar-refractivity contribution is 5.88. The van der Waals surface area contributed by atoms with Crippen molar-refractivity contribution >= 4 is 22.7 Å². The van der Waals surface area contributed by atoms with Crippen molar-refractivity contribution in [1.82, 2.24) is 4.98 Å². The summed E-state index contributed by atoms with van der Waals surface area (Å²) in [6.07, 6.45) is 4.43. The minimum Gasteiger partial charge on any atom is -0.493 e. The van der Waals surface area contributed by atoms with Crippen LogP contribution in [0.15, 0.2) is 72.9 Å². The lowest BCUT2D eigenvalue weighted by Gasteiger charge is -2.13. The number of unbranched alkanes of at least 4 members (excludes halogenated alkanes) is 1. The number of amides is 1. The molecule has 4 rings (SSSR count). The SMILES string of the molecule is CCCCc1ccc(OC(=O)Nc2ccc(Oc3ccnc4cc(OC)c(OC)cc34)cc2)cc1. The lowest BCUT2D eigenvalue weighted by atomic mass is 10.1. The Kier molecular flexibility index (Phi) is 7.67. The topological polar surface area (TPSA) is 78.9 Å². The summed E-state index contributed by atoms with van der Waals surface area (Å²) in [5.41, 5.74) is 2.54. The summed E-state index contributed by atoms with van der Waals surface area (Å²) in [7, 11) is 3.17. The Morgan fingerprint density at radius 2 is 1.54 bits per heavy atom. The van der Waals surface area contributed by atoms with E-state index in [1.54, 1.807) is 56.8 Å². The molecule has 180 valence electrons. The van der Waals surface area contributed by atoms with Gasteiger partial charge in [-0.25, -0.2) is 4.79 Å². The number of aromatic nitrogens is 1. The molecule has 3 aromatic carbocycles. The number of ether oxygens (including phenoxy) is 4. The molecular formula is C28H28N2O5. The zero-order valence-corrected chi connectivity index (χ0v) is 20.0. The van der Waals surface area contributed by atoms with E-state index in [2.05, 4.69) is 17.2 Å². The maximum atomic E-state index is 12.3. The molecule has 7 nitrogen and oxygen atoms in total. The maximum absolute atomic E-state index is 12.3. The van der Waals surface area contributed by atoms with Crippen LogP contribution in [0.25, 0.3) is 10.9 Å². The van der Waals surface area contributed by atoms with Crippen molar-refractivity contribution in [2.75, 3.05) is 19.5 Å². The van der Waals surface area contributed by atoms with E-state index < -0.39 is 6.09 Å². The molecule has 1 N–H and O–H groups in total. The number of nitrogens with zero attached hydrogens (tertiary/aromatic N) is 1. The van der Waals surface area contributed by atoms with Gasteiger partial charge >= 0.3 is 6.09 Å². The van der Waals surface area contributed by atoms with Crippen molar-refractivity contribution in [3.8, 4) is 28.7 Å². The average Bonchev–Trinajstić information content (AvgIpc) is 2.88. The van der Waals surface area contributed by atoms with Crippen LogP contribution in [-0.4, -0.2) is 25.3 Å². The van der Waals surface area contributed by atoms with Gasteiger partial charge in [0.15, 0.2) is 11.5 Å². The number of fused-ring (bicyclic) bond motifs is 1. The third kappa shape index (κ3) is 6.00. The lowest BCUT2D eigenvalue weighted by Crippen LogP contribution is -2.16. The van der Waals surface area contributed by atoms with E-state index in [9.17, 15) is 4.79 Å². The van der Waals surface area contributed by atoms with Crippen LogP contribution in [0.2, 0.25) is 0 Å². The van der Waals surface area contributed by atoms with Crippen molar-refractivity contribution in [2.45, 2.75) is 26.2 Å². The number of methoxy groups -OCH3 is 2. The zero-order valence-electron chi connectivity index (χ0n) is 20.0.